The number of H-pyrrole nitrogens is 1. The number of carboxylic acids is 1. The molecule has 5 heteroatoms. The van der Waals surface area contributed by atoms with Gasteiger partial charge < -0.3 is 9.84 Å². The molecular weight excluding hydrogens is 244 g/mol. The fourth-order valence-electron chi connectivity index (χ4n) is 1.83. The van der Waals surface area contributed by atoms with Gasteiger partial charge >= 0.3 is 5.97 Å². The fourth-order valence-corrected chi connectivity index (χ4v) is 1.83. The fraction of sp³-hybridized carbons (Fsp3) is 0.286. The molecule has 0 spiro atoms. The van der Waals surface area contributed by atoms with Crippen molar-refractivity contribution in [2.45, 2.75) is 20.3 Å². The highest BCUT2D eigenvalue weighted by atomic mass is 16.5. The summed E-state index contributed by atoms with van der Waals surface area (Å²) < 4.78 is 5.48. The zero-order valence-corrected chi connectivity index (χ0v) is 10.9. The second kappa shape index (κ2) is 5.56. The molecular formula is C14H16N2O3. The van der Waals surface area contributed by atoms with E-state index in [0.717, 1.165) is 17.7 Å². The first-order chi connectivity index (χ1) is 9.13. The van der Waals surface area contributed by atoms with Crippen molar-refractivity contribution in [2.75, 3.05) is 6.61 Å². The van der Waals surface area contributed by atoms with E-state index in [1.165, 1.54) is 0 Å². The van der Waals surface area contributed by atoms with E-state index in [9.17, 15) is 9.90 Å². The van der Waals surface area contributed by atoms with Crippen molar-refractivity contribution in [3.8, 4) is 17.0 Å². The van der Waals surface area contributed by atoms with Crippen LogP contribution in [-0.2, 0) is 0 Å². The van der Waals surface area contributed by atoms with Gasteiger partial charge in [0.15, 0.2) is 0 Å². The van der Waals surface area contributed by atoms with Gasteiger partial charge in [0, 0.05) is 11.3 Å². The predicted octanol–water partition coefficient (Wildman–Crippen LogP) is 2.87. The lowest BCUT2D eigenvalue weighted by Gasteiger charge is -2.05. The van der Waals surface area contributed by atoms with Crippen molar-refractivity contribution in [3.05, 3.63) is 35.5 Å². The molecule has 0 aliphatic carbocycles. The van der Waals surface area contributed by atoms with Gasteiger partial charge in [0.2, 0.25) is 0 Å². The van der Waals surface area contributed by atoms with Gasteiger partial charge in [-0.25, -0.2) is 4.79 Å². The zero-order chi connectivity index (χ0) is 13.8. The van der Waals surface area contributed by atoms with Crippen LogP contribution >= 0.6 is 0 Å². The Bertz CT molecular complexity index is 573. The number of carboxylic acid groups (broad SMARTS) is 1. The molecule has 0 aliphatic rings. The van der Waals surface area contributed by atoms with Crippen LogP contribution in [0.2, 0.25) is 0 Å². The van der Waals surface area contributed by atoms with Crippen molar-refractivity contribution >= 4 is 5.97 Å². The first-order valence-electron chi connectivity index (χ1n) is 6.15. The molecule has 0 aliphatic heterocycles. The van der Waals surface area contributed by atoms with Crippen LogP contribution in [-0.4, -0.2) is 27.9 Å². The summed E-state index contributed by atoms with van der Waals surface area (Å²) in [5.74, 6) is -0.206. The summed E-state index contributed by atoms with van der Waals surface area (Å²) in [4.78, 5) is 11.2. The number of rotatable bonds is 5. The topological polar surface area (TPSA) is 75.2 Å². The number of nitrogens with one attached hydrogen (secondary N) is 1. The molecule has 100 valence electrons. The first-order valence-corrected chi connectivity index (χ1v) is 6.15. The molecule has 1 aromatic heterocycles. The van der Waals surface area contributed by atoms with Crippen molar-refractivity contribution in [1.29, 1.82) is 0 Å². The molecule has 1 aromatic carbocycles. The van der Waals surface area contributed by atoms with Gasteiger partial charge in [0.25, 0.3) is 0 Å². The maximum Gasteiger partial charge on any atom is 0.339 e. The number of benzene rings is 1. The van der Waals surface area contributed by atoms with Crippen molar-refractivity contribution < 1.29 is 14.6 Å². The lowest BCUT2D eigenvalue weighted by Crippen LogP contribution is -1.99. The molecule has 5 nitrogen and oxygen atoms in total. The van der Waals surface area contributed by atoms with Gasteiger partial charge in [-0.3, -0.25) is 5.10 Å². The van der Waals surface area contributed by atoms with Crippen LogP contribution in [0.1, 0.15) is 29.4 Å². The van der Waals surface area contributed by atoms with E-state index in [2.05, 4.69) is 10.2 Å². The minimum absolute atomic E-state index is 0.210. The number of aryl methyl sites for hydroxylation is 1. The van der Waals surface area contributed by atoms with Crippen LogP contribution in [0.3, 0.4) is 0 Å². The summed E-state index contributed by atoms with van der Waals surface area (Å²) in [6, 6.07) is 7.27. The van der Waals surface area contributed by atoms with Gasteiger partial charge in [-0.15, -0.1) is 0 Å². The molecule has 1 heterocycles. The number of hydrogen-bond acceptors (Lipinski definition) is 3. The zero-order valence-electron chi connectivity index (χ0n) is 10.9. The highest BCUT2D eigenvalue weighted by Gasteiger charge is 2.18. The smallest absolute Gasteiger partial charge is 0.339 e. The Labute approximate surface area is 111 Å². The molecule has 2 rings (SSSR count). The summed E-state index contributed by atoms with van der Waals surface area (Å²) in [6.07, 6.45) is 0.948. The van der Waals surface area contributed by atoms with Crippen LogP contribution < -0.4 is 4.74 Å². The molecule has 0 saturated heterocycles. The Balaban J connectivity index is 2.30. The van der Waals surface area contributed by atoms with E-state index in [1.54, 1.807) is 6.92 Å². The third-order valence-electron chi connectivity index (χ3n) is 2.76. The predicted molar refractivity (Wildman–Crippen MR) is 71.5 cm³/mol. The van der Waals surface area contributed by atoms with Crippen LogP contribution in [0.4, 0.5) is 0 Å². The molecule has 2 N–H and O–H groups in total. The van der Waals surface area contributed by atoms with Crippen LogP contribution in [0.25, 0.3) is 11.3 Å². The minimum atomic E-state index is -0.979. The summed E-state index contributed by atoms with van der Waals surface area (Å²) in [5.41, 5.74) is 1.97. The molecule has 0 radical (unpaired) electrons. The van der Waals surface area contributed by atoms with Crippen LogP contribution in [0.5, 0.6) is 5.75 Å². The Hall–Kier alpha value is -2.30. The third-order valence-corrected chi connectivity index (χ3v) is 2.76. The number of aromatic carboxylic acids is 1. The summed E-state index contributed by atoms with van der Waals surface area (Å²) >= 11 is 0. The molecule has 0 atom stereocenters. The summed E-state index contributed by atoms with van der Waals surface area (Å²) in [6.45, 7) is 4.40. The molecule has 0 saturated carbocycles. The second-order valence-electron chi connectivity index (χ2n) is 4.25. The number of ether oxygens (including phenoxy) is 1. The normalized spacial score (nSPS) is 10.4. The molecule has 0 fully saturated rings. The maximum atomic E-state index is 11.2. The van der Waals surface area contributed by atoms with Crippen molar-refractivity contribution in [1.82, 2.24) is 10.2 Å². The average molecular weight is 260 g/mol. The quantitative estimate of drug-likeness (QED) is 0.866. The minimum Gasteiger partial charge on any atom is -0.494 e. The lowest BCUT2D eigenvalue weighted by molar-refractivity contribution is 0.0697. The van der Waals surface area contributed by atoms with Crippen molar-refractivity contribution in [3.63, 3.8) is 0 Å². The molecule has 2 aromatic rings. The molecule has 0 unspecified atom stereocenters. The second-order valence-corrected chi connectivity index (χ2v) is 4.25. The van der Waals surface area contributed by atoms with E-state index in [0.29, 0.717) is 18.0 Å². The van der Waals surface area contributed by atoms with E-state index < -0.39 is 5.97 Å². The molecule has 0 amide bonds. The number of aromatic nitrogens is 2. The highest BCUT2D eigenvalue weighted by Crippen LogP contribution is 2.25. The largest absolute Gasteiger partial charge is 0.494 e. The van der Waals surface area contributed by atoms with E-state index >= 15 is 0 Å². The standard InChI is InChI=1S/C14H16N2O3/c1-3-8-19-11-6-4-10(5-7-11)13-12(14(17)18)9(2)15-16-13/h4-7H,3,8H2,1-2H3,(H,15,16)(H,17,18). The number of aromatic amines is 1. The third kappa shape index (κ3) is 2.76. The highest BCUT2D eigenvalue weighted by molar-refractivity contribution is 5.96. The van der Waals surface area contributed by atoms with Gasteiger partial charge in [0.1, 0.15) is 17.0 Å². The number of nitrogens with zero attached hydrogens (tertiary/aromatic N) is 1. The average Bonchev–Trinajstić information content (AvgIpc) is 2.79. The van der Waals surface area contributed by atoms with E-state index in [-0.39, 0.29) is 5.56 Å². The SMILES string of the molecule is CCCOc1ccc(-c2n[nH]c(C)c2C(=O)O)cc1. The lowest BCUT2D eigenvalue weighted by atomic mass is 10.1. The van der Waals surface area contributed by atoms with E-state index in [1.807, 2.05) is 31.2 Å². The van der Waals surface area contributed by atoms with Crippen LogP contribution in [0.15, 0.2) is 24.3 Å². The van der Waals surface area contributed by atoms with Crippen molar-refractivity contribution in [2.24, 2.45) is 0 Å². The first kappa shape index (κ1) is 13.1. The summed E-state index contributed by atoms with van der Waals surface area (Å²) in [7, 11) is 0. The van der Waals surface area contributed by atoms with Gasteiger partial charge in [-0.05, 0) is 37.6 Å². The Kier molecular flexibility index (Phi) is 3.85. The summed E-state index contributed by atoms with van der Waals surface area (Å²) in [5, 5.41) is 15.9. The Morgan fingerprint density at radius 1 is 1.37 bits per heavy atom. The monoisotopic (exact) mass is 260 g/mol. The number of carbonyl (C=O) groups is 1. The molecule has 0 bridgehead atoms. The number of hydrogen-bond donors (Lipinski definition) is 2. The maximum absolute atomic E-state index is 11.2. The molecule has 19 heavy (non-hydrogen) atoms. The van der Waals surface area contributed by atoms with Gasteiger partial charge in [-0.1, -0.05) is 6.92 Å². The van der Waals surface area contributed by atoms with Crippen LogP contribution in [0, 0.1) is 6.92 Å². The van der Waals surface area contributed by atoms with Gasteiger partial charge in [0.05, 0.1) is 6.61 Å². The Morgan fingerprint density at radius 2 is 2.05 bits per heavy atom. The van der Waals surface area contributed by atoms with Gasteiger partial charge in [-0.2, -0.15) is 5.10 Å². The Morgan fingerprint density at radius 3 is 2.63 bits per heavy atom. The van der Waals surface area contributed by atoms with E-state index in [4.69, 9.17) is 4.74 Å².